The van der Waals surface area contributed by atoms with Gasteiger partial charge in [-0.1, -0.05) is 26.0 Å². The van der Waals surface area contributed by atoms with Crippen LogP contribution in [-0.2, 0) is 16.0 Å². The number of aromatic nitrogens is 1. The van der Waals surface area contributed by atoms with Gasteiger partial charge in [-0.2, -0.15) is 0 Å². The summed E-state index contributed by atoms with van der Waals surface area (Å²) in [7, 11) is 1.64. The van der Waals surface area contributed by atoms with Crippen molar-refractivity contribution in [2.75, 3.05) is 20.3 Å². The lowest BCUT2D eigenvalue weighted by Gasteiger charge is -2.25. The highest BCUT2D eigenvalue weighted by atomic mass is 16.5. The van der Waals surface area contributed by atoms with E-state index in [1.165, 1.54) is 16.5 Å². The summed E-state index contributed by atoms with van der Waals surface area (Å²) in [5.74, 6) is 0.596. The van der Waals surface area contributed by atoms with Crippen LogP contribution in [0.1, 0.15) is 37.4 Å². The average molecular weight is 329 g/mol. The molecule has 24 heavy (non-hydrogen) atoms. The second-order valence-corrected chi connectivity index (χ2v) is 6.97. The first-order valence-corrected chi connectivity index (χ1v) is 8.71. The number of amides is 1. The maximum absolute atomic E-state index is 12.6. The zero-order valence-corrected chi connectivity index (χ0v) is 14.7. The number of carbonyl (C=O) groups is 1. The molecule has 5 heteroatoms. The first kappa shape index (κ1) is 17.0. The number of hydrogen-bond donors (Lipinski definition) is 3. The van der Waals surface area contributed by atoms with Gasteiger partial charge < -0.3 is 15.0 Å². The van der Waals surface area contributed by atoms with Gasteiger partial charge in [0.2, 0.25) is 5.91 Å². The third-order valence-corrected chi connectivity index (χ3v) is 4.65. The van der Waals surface area contributed by atoms with Gasteiger partial charge in [-0.25, -0.2) is 0 Å². The lowest BCUT2D eigenvalue weighted by atomic mass is 9.94. The van der Waals surface area contributed by atoms with E-state index >= 15 is 0 Å². The predicted molar refractivity (Wildman–Crippen MR) is 96.0 cm³/mol. The third kappa shape index (κ3) is 3.47. The van der Waals surface area contributed by atoms with Gasteiger partial charge in [0, 0.05) is 36.8 Å². The molecule has 0 radical (unpaired) electrons. The van der Waals surface area contributed by atoms with Crippen LogP contribution >= 0.6 is 0 Å². The molecule has 0 saturated heterocycles. The van der Waals surface area contributed by atoms with E-state index in [2.05, 4.69) is 47.7 Å². The van der Waals surface area contributed by atoms with E-state index in [4.69, 9.17) is 4.74 Å². The number of aromatic amines is 1. The molecule has 1 aliphatic heterocycles. The van der Waals surface area contributed by atoms with Crippen LogP contribution in [0.3, 0.4) is 0 Å². The lowest BCUT2D eigenvalue weighted by Crippen LogP contribution is -2.47. The molecule has 0 spiro atoms. The molecule has 1 amide bonds. The van der Waals surface area contributed by atoms with Crippen molar-refractivity contribution in [3.63, 3.8) is 0 Å². The molecule has 0 fully saturated rings. The summed E-state index contributed by atoms with van der Waals surface area (Å²) in [5.41, 5.74) is 3.66. The second kappa shape index (κ2) is 7.36. The molecule has 1 aliphatic rings. The van der Waals surface area contributed by atoms with Crippen LogP contribution in [0.4, 0.5) is 0 Å². The maximum Gasteiger partial charge on any atom is 0.237 e. The Labute approximate surface area is 143 Å². The Kier molecular flexibility index (Phi) is 5.21. The number of methoxy groups -OCH3 is 1. The summed E-state index contributed by atoms with van der Waals surface area (Å²) in [6.45, 7) is 5.51. The van der Waals surface area contributed by atoms with E-state index in [9.17, 15) is 4.79 Å². The highest BCUT2D eigenvalue weighted by molar-refractivity contribution is 5.90. The van der Waals surface area contributed by atoms with Crippen molar-refractivity contribution in [2.24, 2.45) is 5.92 Å². The van der Waals surface area contributed by atoms with Gasteiger partial charge in [0.25, 0.3) is 0 Å². The van der Waals surface area contributed by atoms with E-state index in [1.807, 2.05) is 6.20 Å². The smallest absolute Gasteiger partial charge is 0.237 e. The fraction of sp³-hybridized carbons (Fsp3) is 0.526. The Bertz CT molecular complexity index is 708. The number of ether oxygens (including phenoxy) is 1. The topological polar surface area (TPSA) is 66.1 Å². The van der Waals surface area contributed by atoms with Crippen molar-refractivity contribution >= 4 is 16.8 Å². The molecule has 0 saturated carbocycles. The first-order chi connectivity index (χ1) is 11.6. The minimum atomic E-state index is -0.225. The molecule has 0 bridgehead atoms. The maximum atomic E-state index is 12.6. The van der Waals surface area contributed by atoms with Crippen LogP contribution in [0, 0.1) is 5.92 Å². The quantitative estimate of drug-likeness (QED) is 0.714. The van der Waals surface area contributed by atoms with Crippen molar-refractivity contribution in [1.29, 1.82) is 0 Å². The van der Waals surface area contributed by atoms with Gasteiger partial charge in [0.1, 0.15) is 0 Å². The fourth-order valence-corrected chi connectivity index (χ4v) is 3.58. The summed E-state index contributed by atoms with van der Waals surface area (Å²) < 4.78 is 5.02. The molecule has 130 valence electrons. The Morgan fingerprint density at radius 1 is 1.42 bits per heavy atom. The summed E-state index contributed by atoms with van der Waals surface area (Å²) in [5, 5.41) is 7.85. The molecule has 3 rings (SSSR count). The Hall–Kier alpha value is -1.85. The number of H-pyrrole nitrogens is 1. The average Bonchev–Trinajstić information content (AvgIpc) is 2.88. The largest absolute Gasteiger partial charge is 0.383 e. The van der Waals surface area contributed by atoms with Gasteiger partial charge in [-0.3, -0.25) is 10.1 Å². The van der Waals surface area contributed by atoms with Crippen molar-refractivity contribution in [3.05, 3.63) is 35.5 Å². The van der Waals surface area contributed by atoms with E-state index in [1.54, 1.807) is 7.11 Å². The highest BCUT2D eigenvalue weighted by Crippen LogP contribution is 2.34. The molecule has 0 aliphatic carbocycles. The van der Waals surface area contributed by atoms with E-state index < -0.39 is 0 Å². The van der Waals surface area contributed by atoms with Crippen LogP contribution in [0.5, 0.6) is 0 Å². The van der Waals surface area contributed by atoms with Crippen molar-refractivity contribution in [2.45, 2.75) is 38.8 Å². The molecule has 2 heterocycles. The van der Waals surface area contributed by atoms with Gasteiger partial charge in [-0.15, -0.1) is 0 Å². The molecule has 1 aromatic carbocycles. The molecule has 3 N–H and O–H groups in total. The molecular formula is C19H27N3O2. The van der Waals surface area contributed by atoms with Crippen LogP contribution in [0.25, 0.3) is 10.9 Å². The minimum Gasteiger partial charge on any atom is -0.383 e. The normalized spacial score (nSPS) is 20.3. The molecule has 0 unspecified atom stereocenters. The Morgan fingerprint density at radius 3 is 3.00 bits per heavy atom. The lowest BCUT2D eigenvalue weighted by molar-refractivity contribution is -0.123. The van der Waals surface area contributed by atoms with Gasteiger partial charge in [0.15, 0.2) is 0 Å². The summed E-state index contributed by atoms with van der Waals surface area (Å²) >= 11 is 0. The van der Waals surface area contributed by atoms with Crippen molar-refractivity contribution < 1.29 is 9.53 Å². The summed E-state index contributed by atoms with van der Waals surface area (Å²) in [4.78, 5) is 16.0. The summed E-state index contributed by atoms with van der Waals surface area (Å²) in [6.07, 6.45) is 3.75. The van der Waals surface area contributed by atoms with E-state index in [-0.39, 0.29) is 18.0 Å². The van der Waals surface area contributed by atoms with E-state index in [0.29, 0.717) is 25.5 Å². The molecular weight excluding hydrogens is 302 g/mol. The second-order valence-electron chi connectivity index (χ2n) is 6.97. The van der Waals surface area contributed by atoms with Crippen molar-refractivity contribution in [3.8, 4) is 0 Å². The number of nitrogens with one attached hydrogen (secondary N) is 3. The van der Waals surface area contributed by atoms with Gasteiger partial charge in [-0.05, 0) is 36.0 Å². The Morgan fingerprint density at radius 2 is 2.25 bits per heavy atom. The molecule has 1 aromatic heterocycles. The van der Waals surface area contributed by atoms with Crippen LogP contribution < -0.4 is 10.6 Å². The minimum absolute atomic E-state index is 0.0444. The fourth-order valence-electron chi connectivity index (χ4n) is 3.58. The standard InChI is InChI=1S/C19H27N3O2/c1-12(2)9-16-14-5-4-6-15-18(14)13(11-21-15)10-17(22-16)19(23)20-7-8-24-3/h4-6,11-12,16-17,21-22H,7-10H2,1-3H3,(H,20,23)/t16-,17-/m0/s1. The van der Waals surface area contributed by atoms with E-state index in [0.717, 1.165) is 11.9 Å². The number of rotatable bonds is 6. The zero-order chi connectivity index (χ0) is 17.1. The Balaban J connectivity index is 1.90. The van der Waals surface area contributed by atoms with Crippen LogP contribution in [0.2, 0.25) is 0 Å². The molecule has 5 nitrogen and oxygen atoms in total. The first-order valence-electron chi connectivity index (χ1n) is 8.71. The molecule has 2 atom stereocenters. The molecule has 2 aromatic rings. The highest BCUT2D eigenvalue weighted by Gasteiger charge is 2.29. The van der Waals surface area contributed by atoms with Crippen LogP contribution in [0.15, 0.2) is 24.4 Å². The zero-order valence-electron chi connectivity index (χ0n) is 14.7. The van der Waals surface area contributed by atoms with Gasteiger partial charge in [0.05, 0.1) is 12.6 Å². The van der Waals surface area contributed by atoms with Crippen molar-refractivity contribution in [1.82, 2.24) is 15.6 Å². The summed E-state index contributed by atoms with van der Waals surface area (Å²) in [6, 6.07) is 6.34. The number of carbonyl (C=O) groups excluding carboxylic acids is 1. The van der Waals surface area contributed by atoms with Crippen LogP contribution in [-0.4, -0.2) is 37.2 Å². The SMILES string of the molecule is COCCNC(=O)[C@@H]1Cc2c[nH]c3cccc(c23)[C@H](CC(C)C)N1. The predicted octanol–water partition coefficient (Wildman–Crippen LogP) is 2.53. The third-order valence-electron chi connectivity index (χ3n) is 4.65. The number of hydrogen-bond acceptors (Lipinski definition) is 3. The van der Waals surface area contributed by atoms with Gasteiger partial charge >= 0.3 is 0 Å². The number of benzene rings is 1. The monoisotopic (exact) mass is 329 g/mol.